The SMILES string of the molecule is S=C(Nc1ccc2c(c1)OCO2)Nc1cc(Cl)ccc1Cl. The third-order valence-electron chi connectivity index (χ3n) is 2.81. The van der Waals surface area contributed by atoms with Crippen LogP contribution in [0.15, 0.2) is 36.4 Å². The van der Waals surface area contributed by atoms with E-state index < -0.39 is 0 Å². The molecule has 1 aliphatic heterocycles. The molecular weight excluding hydrogens is 331 g/mol. The van der Waals surface area contributed by atoms with Gasteiger partial charge in [-0.1, -0.05) is 23.2 Å². The van der Waals surface area contributed by atoms with Gasteiger partial charge in [-0.2, -0.15) is 0 Å². The molecule has 1 aliphatic rings. The van der Waals surface area contributed by atoms with E-state index in [9.17, 15) is 0 Å². The van der Waals surface area contributed by atoms with Crippen LogP contribution in [0.1, 0.15) is 0 Å². The molecule has 0 aromatic heterocycles. The first-order valence-electron chi connectivity index (χ1n) is 6.04. The molecule has 7 heteroatoms. The molecule has 4 nitrogen and oxygen atoms in total. The highest BCUT2D eigenvalue weighted by atomic mass is 35.5. The van der Waals surface area contributed by atoms with Gasteiger partial charge in [-0.25, -0.2) is 0 Å². The summed E-state index contributed by atoms with van der Waals surface area (Å²) in [5.41, 5.74) is 1.43. The van der Waals surface area contributed by atoms with E-state index in [2.05, 4.69) is 10.6 Å². The molecule has 1 heterocycles. The molecule has 3 rings (SSSR count). The molecule has 0 atom stereocenters. The van der Waals surface area contributed by atoms with Gasteiger partial charge in [-0.15, -0.1) is 0 Å². The maximum absolute atomic E-state index is 6.07. The number of benzene rings is 2. The van der Waals surface area contributed by atoms with Crippen molar-refractivity contribution in [3.63, 3.8) is 0 Å². The fourth-order valence-corrected chi connectivity index (χ4v) is 2.42. The van der Waals surface area contributed by atoms with Crippen molar-refractivity contribution in [2.75, 3.05) is 17.4 Å². The number of nitrogens with one attached hydrogen (secondary N) is 2. The zero-order chi connectivity index (χ0) is 14.8. The highest BCUT2D eigenvalue weighted by molar-refractivity contribution is 7.80. The Balaban J connectivity index is 1.70. The number of thiocarbonyl (C=S) groups is 1. The summed E-state index contributed by atoms with van der Waals surface area (Å²) in [6.45, 7) is 0.236. The summed E-state index contributed by atoms with van der Waals surface area (Å²) in [5.74, 6) is 1.40. The lowest BCUT2D eigenvalue weighted by Crippen LogP contribution is -2.19. The van der Waals surface area contributed by atoms with Crippen LogP contribution in [-0.2, 0) is 0 Å². The molecule has 0 fully saturated rings. The van der Waals surface area contributed by atoms with Gasteiger partial charge in [0, 0.05) is 16.8 Å². The second kappa shape index (κ2) is 5.97. The predicted molar refractivity (Wildman–Crippen MR) is 88.9 cm³/mol. The second-order valence-corrected chi connectivity index (χ2v) is 5.52. The number of halogens is 2. The smallest absolute Gasteiger partial charge is 0.231 e. The Bertz CT molecular complexity index is 709. The quantitative estimate of drug-likeness (QED) is 0.786. The number of hydrogen-bond acceptors (Lipinski definition) is 3. The predicted octanol–water partition coefficient (Wildman–Crippen LogP) is 4.53. The van der Waals surface area contributed by atoms with Crippen molar-refractivity contribution >= 4 is 51.9 Å². The van der Waals surface area contributed by atoms with Gasteiger partial charge in [0.05, 0.1) is 10.7 Å². The minimum Gasteiger partial charge on any atom is -0.454 e. The monoisotopic (exact) mass is 340 g/mol. The summed E-state index contributed by atoms with van der Waals surface area (Å²) >= 11 is 17.3. The van der Waals surface area contributed by atoms with Crippen LogP contribution >= 0.6 is 35.4 Å². The molecule has 0 bridgehead atoms. The van der Waals surface area contributed by atoms with Crippen LogP contribution in [0.5, 0.6) is 11.5 Å². The molecule has 0 radical (unpaired) electrons. The summed E-state index contributed by atoms with van der Waals surface area (Å²) in [7, 11) is 0. The molecule has 2 N–H and O–H groups in total. The van der Waals surface area contributed by atoms with Crippen molar-refractivity contribution < 1.29 is 9.47 Å². The second-order valence-electron chi connectivity index (χ2n) is 4.27. The van der Waals surface area contributed by atoms with Gasteiger partial charge in [-0.05, 0) is 42.5 Å². The number of ether oxygens (including phenoxy) is 2. The first-order valence-corrected chi connectivity index (χ1v) is 7.21. The lowest BCUT2D eigenvalue weighted by Gasteiger charge is -2.12. The molecule has 0 saturated carbocycles. The minimum atomic E-state index is 0.236. The van der Waals surface area contributed by atoms with E-state index in [1.807, 2.05) is 18.2 Å². The third kappa shape index (κ3) is 3.32. The number of anilines is 2. The van der Waals surface area contributed by atoms with E-state index in [1.165, 1.54) is 0 Å². The highest BCUT2D eigenvalue weighted by Gasteiger charge is 2.13. The molecule has 0 unspecified atom stereocenters. The highest BCUT2D eigenvalue weighted by Crippen LogP contribution is 2.34. The Morgan fingerprint density at radius 2 is 1.81 bits per heavy atom. The Morgan fingerprint density at radius 1 is 1.00 bits per heavy atom. The molecule has 0 saturated heterocycles. The first-order chi connectivity index (χ1) is 10.1. The van der Waals surface area contributed by atoms with E-state index >= 15 is 0 Å². The Hall–Kier alpha value is -1.69. The molecule has 0 aliphatic carbocycles. The lowest BCUT2D eigenvalue weighted by molar-refractivity contribution is 0.174. The van der Waals surface area contributed by atoms with Gasteiger partial charge in [-0.3, -0.25) is 0 Å². The Morgan fingerprint density at radius 3 is 2.67 bits per heavy atom. The zero-order valence-electron chi connectivity index (χ0n) is 10.7. The maximum Gasteiger partial charge on any atom is 0.231 e. The summed E-state index contributed by atoms with van der Waals surface area (Å²) < 4.78 is 10.6. The molecule has 21 heavy (non-hydrogen) atoms. The van der Waals surface area contributed by atoms with Crippen molar-refractivity contribution in [1.29, 1.82) is 0 Å². The van der Waals surface area contributed by atoms with Crippen LogP contribution in [0, 0.1) is 0 Å². The largest absolute Gasteiger partial charge is 0.454 e. The summed E-state index contributed by atoms with van der Waals surface area (Å²) in [5, 5.41) is 7.56. The summed E-state index contributed by atoms with van der Waals surface area (Å²) in [4.78, 5) is 0. The van der Waals surface area contributed by atoms with E-state index in [0.717, 1.165) is 11.4 Å². The molecule has 0 amide bonds. The maximum atomic E-state index is 6.07. The molecule has 108 valence electrons. The number of fused-ring (bicyclic) bond motifs is 1. The first kappa shape index (κ1) is 14.3. The van der Waals surface area contributed by atoms with E-state index in [4.69, 9.17) is 44.9 Å². The Kier molecular flexibility index (Phi) is 4.05. The van der Waals surface area contributed by atoms with Gasteiger partial charge >= 0.3 is 0 Å². The van der Waals surface area contributed by atoms with Crippen molar-refractivity contribution in [1.82, 2.24) is 0 Å². The normalized spacial score (nSPS) is 12.1. The van der Waals surface area contributed by atoms with Gasteiger partial charge in [0.15, 0.2) is 16.6 Å². The van der Waals surface area contributed by atoms with E-state index in [1.54, 1.807) is 18.2 Å². The van der Waals surface area contributed by atoms with Crippen LogP contribution < -0.4 is 20.1 Å². The summed E-state index contributed by atoms with van der Waals surface area (Å²) in [6, 6.07) is 10.6. The third-order valence-corrected chi connectivity index (χ3v) is 3.58. The topological polar surface area (TPSA) is 42.5 Å². The molecular formula is C14H10Cl2N2O2S. The van der Waals surface area contributed by atoms with Crippen LogP contribution in [-0.4, -0.2) is 11.9 Å². The zero-order valence-corrected chi connectivity index (χ0v) is 13.0. The minimum absolute atomic E-state index is 0.236. The van der Waals surface area contributed by atoms with Crippen molar-refractivity contribution in [2.45, 2.75) is 0 Å². The number of rotatable bonds is 2. The van der Waals surface area contributed by atoms with Crippen molar-refractivity contribution in [3.8, 4) is 11.5 Å². The lowest BCUT2D eigenvalue weighted by atomic mass is 10.3. The van der Waals surface area contributed by atoms with Crippen LogP contribution in [0.4, 0.5) is 11.4 Å². The Labute approximate surface area is 137 Å². The molecule has 2 aromatic carbocycles. The molecule has 0 spiro atoms. The van der Waals surface area contributed by atoms with Crippen LogP contribution in [0.2, 0.25) is 10.0 Å². The average Bonchev–Trinajstić information content (AvgIpc) is 2.90. The van der Waals surface area contributed by atoms with Crippen LogP contribution in [0.3, 0.4) is 0 Å². The fourth-order valence-electron chi connectivity index (χ4n) is 1.85. The van der Waals surface area contributed by atoms with Crippen molar-refractivity contribution in [3.05, 3.63) is 46.4 Å². The van der Waals surface area contributed by atoms with Gasteiger partial charge < -0.3 is 20.1 Å². The van der Waals surface area contributed by atoms with E-state index in [0.29, 0.717) is 26.6 Å². The van der Waals surface area contributed by atoms with Gasteiger partial charge in [0.1, 0.15) is 0 Å². The number of hydrogen-bond donors (Lipinski definition) is 2. The average molecular weight is 341 g/mol. The van der Waals surface area contributed by atoms with Gasteiger partial charge in [0.2, 0.25) is 6.79 Å². The van der Waals surface area contributed by atoms with Gasteiger partial charge in [0.25, 0.3) is 0 Å². The summed E-state index contributed by atoms with van der Waals surface area (Å²) in [6.07, 6.45) is 0. The van der Waals surface area contributed by atoms with E-state index in [-0.39, 0.29) is 6.79 Å². The van der Waals surface area contributed by atoms with Crippen LogP contribution in [0.25, 0.3) is 0 Å². The van der Waals surface area contributed by atoms with Crippen molar-refractivity contribution in [2.24, 2.45) is 0 Å². The standard InChI is InChI=1S/C14H10Cl2N2O2S/c15-8-1-3-10(16)11(5-8)18-14(21)17-9-2-4-12-13(6-9)20-7-19-12/h1-6H,7H2,(H2,17,18,21). The molecule has 2 aromatic rings. The fraction of sp³-hybridized carbons (Fsp3) is 0.0714.